The quantitative estimate of drug-likeness (QED) is 0.869. The highest BCUT2D eigenvalue weighted by atomic mass is 35.5. The first-order valence-corrected chi connectivity index (χ1v) is 6.25. The van der Waals surface area contributed by atoms with E-state index in [1.165, 1.54) is 0 Å². The fourth-order valence-electron chi connectivity index (χ4n) is 1.52. The average Bonchev–Trinajstić information content (AvgIpc) is 2.64. The zero-order valence-electron chi connectivity index (χ0n) is 8.96. The SMILES string of the molecule is Cc1cccc(Cl)c1NCc1sccc1N. The molecule has 1 heterocycles. The average molecular weight is 253 g/mol. The van der Waals surface area contributed by atoms with E-state index in [-0.39, 0.29) is 0 Å². The molecule has 1 aromatic carbocycles. The van der Waals surface area contributed by atoms with Gasteiger partial charge in [0.05, 0.1) is 17.3 Å². The summed E-state index contributed by atoms with van der Waals surface area (Å²) < 4.78 is 0. The lowest BCUT2D eigenvalue weighted by atomic mass is 10.2. The molecule has 0 fully saturated rings. The van der Waals surface area contributed by atoms with Crippen LogP contribution < -0.4 is 11.1 Å². The second-order valence-corrected chi connectivity index (χ2v) is 4.99. The molecule has 1 aromatic heterocycles. The van der Waals surface area contributed by atoms with Gasteiger partial charge in [-0.05, 0) is 30.0 Å². The third-order valence-corrected chi connectivity index (χ3v) is 3.68. The van der Waals surface area contributed by atoms with Gasteiger partial charge in [-0.25, -0.2) is 0 Å². The van der Waals surface area contributed by atoms with Crippen molar-refractivity contribution in [2.75, 3.05) is 11.1 Å². The smallest absolute Gasteiger partial charge is 0.0640 e. The van der Waals surface area contributed by atoms with Gasteiger partial charge in [0.2, 0.25) is 0 Å². The maximum atomic E-state index is 6.12. The van der Waals surface area contributed by atoms with E-state index in [0.717, 1.165) is 26.8 Å². The van der Waals surface area contributed by atoms with E-state index >= 15 is 0 Å². The van der Waals surface area contributed by atoms with Crippen molar-refractivity contribution < 1.29 is 0 Å². The van der Waals surface area contributed by atoms with Crippen LogP contribution >= 0.6 is 22.9 Å². The Kier molecular flexibility index (Phi) is 3.36. The molecule has 16 heavy (non-hydrogen) atoms. The van der Waals surface area contributed by atoms with E-state index in [9.17, 15) is 0 Å². The highest BCUT2D eigenvalue weighted by molar-refractivity contribution is 7.10. The van der Waals surface area contributed by atoms with Gasteiger partial charge in [0, 0.05) is 10.6 Å². The van der Waals surface area contributed by atoms with E-state index < -0.39 is 0 Å². The van der Waals surface area contributed by atoms with Crippen molar-refractivity contribution in [3.8, 4) is 0 Å². The number of halogens is 1. The molecule has 2 aromatic rings. The molecule has 3 N–H and O–H groups in total. The highest BCUT2D eigenvalue weighted by Gasteiger charge is 2.05. The molecule has 0 aliphatic heterocycles. The minimum atomic E-state index is 0.716. The number of nitrogens with one attached hydrogen (secondary N) is 1. The summed E-state index contributed by atoms with van der Waals surface area (Å²) in [6, 6.07) is 7.78. The predicted molar refractivity (Wildman–Crippen MR) is 72.2 cm³/mol. The van der Waals surface area contributed by atoms with Crippen LogP contribution in [0.1, 0.15) is 10.4 Å². The number of nitrogen functional groups attached to an aromatic ring is 1. The van der Waals surface area contributed by atoms with Crippen molar-refractivity contribution in [1.29, 1.82) is 0 Å². The van der Waals surface area contributed by atoms with Gasteiger partial charge in [-0.15, -0.1) is 11.3 Å². The molecule has 0 radical (unpaired) electrons. The summed E-state index contributed by atoms with van der Waals surface area (Å²) in [6.45, 7) is 2.75. The Balaban J connectivity index is 2.14. The third kappa shape index (κ3) is 2.31. The van der Waals surface area contributed by atoms with Crippen LogP contribution in [0.3, 0.4) is 0 Å². The standard InChI is InChI=1S/C12H13ClN2S/c1-8-3-2-4-9(13)12(8)15-7-11-10(14)5-6-16-11/h2-6,15H,7,14H2,1H3. The van der Waals surface area contributed by atoms with Gasteiger partial charge in [0.15, 0.2) is 0 Å². The van der Waals surface area contributed by atoms with Gasteiger partial charge in [0.1, 0.15) is 0 Å². The van der Waals surface area contributed by atoms with Gasteiger partial charge in [0.25, 0.3) is 0 Å². The minimum Gasteiger partial charge on any atom is -0.398 e. The summed E-state index contributed by atoms with van der Waals surface area (Å²) >= 11 is 7.77. The van der Waals surface area contributed by atoms with Gasteiger partial charge >= 0.3 is 0 Å². The van der Waals surface area contributed by atoms with Crippen LogP contribution in [0.5, 0.6) is 0 Å². The maximum absolute atomic E-state index is 6.12. The topological polar surface area (TPSA) is 38.0 Å². The Bertz CT molecular complexity index is 473. The lowest BCUT2D eigenvalue weighted by molar-refractivity contribution is 1.18. The zero-order chi connectivity index (χ0) is 11.5. The summed E-state index contributed by atoms with van der Waals surface area (Å²) in [7, 11) is 0. The number of anilines is 2. The number of rotatable bonds is 3. The molecule has 84 valence electrons. The first-order valence-electron chi connectivity index (χ1n) is 4.99. The number of benzene rings is 1. The maximum Gasteiger partial charge on any atom is 0.0640 e. The predicted octanol–water partition coefficient (Wildman–Crippen LogP) is 3.90. The van der Waals surface area contributed by atoms with E-state index in [2.05, 4.69) is 5.32 Å². The van der Waals surface area contributed by atoms with Crippen LogP contribution in [0.25, 0.3) is 0 Å². The lowest BCUT2D eigenvalue weighted by Crippen LogP contribution is -2.02. The molecule has 4 heteroatoms. The normalized spacial score (nSPS) is 10.4. The van der Waals surface area contributed by atoms with Crippen molar-refractivity contribution in [3.05, 3.63) is 45.1 Å². The van der Waals surface area contributed by atoms with Crippen molar-refractivity contribution in [3.63, 3.8) is 0 Å². The van der Waals surface area contributed by atoms with Crippen LogP contribution in [0.4, 0.5) is 11.4 Å². The van der Waals surface area contributed by atoms with Gasteiger partial charge in [-0.1, -0.05) is 23.7 Å². The second kappa shape index (κ2) is 4.76. The minimum absolute atomic E-state index is 0.716. The Morgan fingerprint density at radius 3 is 2.81 bits per heavy atom. The van der Waals surface area contributed by atoms with Crippen LogP contribution in [0.15, 0.2) is 29.6 Å². The Morgan fingerprint density at radius 1 is 1.38 bits per heavy atom. The first kappa shape index (κ1) is 11.3. The fourth-order valence-corrected chi connectivity index (χ4v) is 2.55. The van der Waals surface area contributed by atoms with Crippen LogP contribution in [0, 0.1) is 6.92 Å². The largest absolute Gasteiger partial charge is 0.398 e. The number of thiophene rings is 1. The molecule has 2 rings (SSSR count). The fraction of sp³-hybridized carbons (Fsp3) is 0.167. The summed E-state index contributed by atoms with van der Waals surface area (Å²) in [5.74, 6) is 0. The Hall–Kier alpha value is -1.19. The number of aryl methyl sites for hydroxylation is 1. The summed E-state index contributed by atoms with van der Waals surface area (Å²) in [6.07, 6.45) is 0. The van der Waals surface area contributed by atoms with Crippen LogP contribution in [0.2, 0.25) is 5.02 Å². The van der Waals surface area contributed by atoms with Crippen molar-refractivity contribution >= 4 is 34.3 Å². The van der Waals surface area contributed by atoms with Gasteiger partial charge in [-0.2, -0.15) is 0 Å². The molecule has 0 aliphatic rings. The van der Waals surface area contributed by atoms with E-state index in [1.54, 1.807) is 11.3 Å². The molecule has 2 nitrogen and oxygen atoms in total. The molecule has 0 unspecified atom stereocenters. The van der Waals surface area contributed by atoms with Crippen molar-refractivity contribution in [2.45, 2.75) is 13.5 Å². The van der Waals surface area contributed by atoms with E-state index in [0.29, 0.717) is 6.54 Å². The van der Waals surface area contributed by atoms with Gasteiger partial charge in [-0.3, -0.25) is 0 Å². The molecule has 0 spiro atoms. The number of hydrogen-bond acceptors (Lipinski definition) is 3. The molecule has 0 saturated carbocycles. The molecular weight excluding hydrogens is 240 g/mol. The second-order valence-electron chi connectivity index (χ2n) is 3.58. The molecule has 0 atom stereocenters. The van der Waals surface area contributed by atoms with Crippen molar-refractivity contribution in [1.82, 2.24) is 0 Å². The monoisotopic (exact) mass is 252 g/mol. The summed E-state index contributed by atoms with van der Waals surface area (Å²) in [5, 5.41) is 6.06. The summed E-state index contributed by atoms with van der Waals surface area (Å²) in [5.41, 5.74) is 8.78. The molecule has 0 saturated heterocycles. The Morgan fingerprint density at radius 2 is 2.19 bits per heavy atom. The molecule has 0 bridgehead atoms. The van der Waals surface area contributed by atoms with E-state index in [1.807, 2.05) is 36.6 Å². The number of hydrogen-bond donors (Lipinski definition) is 2. The number of para-hydroxylation sites is 1. The molecule has 0 aliphatic carbocycles. The Labute approximate surface area is 104 Å². The third-order valence-electron chi connectivity index (χ3n) is 2.43. The molecule has 0 amide bonds. The van der Waals surface area contributed by atoms with E-state index in [4.69, 9.17) is 17.3 Å². The van der Waals surface area contributed by atoms with Crippen LogP contribution in [-0.2, 0) is 6.54 Å². The lowest BCUT2D eigenvalue weighted by Gasteiger charge is -2.10. The van der Waals surface area contributed by atoms with Gasteiger partial charge < -0.3 is 11.1 Å². The molecular formula is C12H13ClN2S. The first-order chi connectivity index (χ1) is 7.68. The van der Waals surface area contributed by atoms with Crippen molar-refractivity contribution in [2.24, 2.45) is 0 Å². The zero-order valence-corrected chi connectivity index (χ0v) is 10.5. The number of nitrogens with two attached hydrogens (primary N) is 1. The van der Waals surface area contributed by atoms with Crippen LogP contribution in [-0.4, -0.2) is 0 Å². The summed E-state index contributed by atoms with van der Waals surface area (Å²) in [4.78, 5) is 1.14. The highest BCUT2D eigenvalue weighted by Crippen LogP contribution is 2.27.